The van der Waals surface area contributed by atoms with E-state index in [4.69, 9.17) is 9.47 Å². The van der Waals surface area contributed by atoms with Crippen molar-refractivity contribution in [1.82, 2.24) is 0 Å². The lowest BCUT2D eigenvalue weighted by atomic mass is 9.63. The largest absolute Gasteiger partial charge is 0.497 e. The maximum Gasteiger partial charge on any atom is 0.119 e. The fraction of sp³-hybridized carbons (Fsp3) is 0.500. The first-order chi connectivity index (χ1) is 12.3. The zero-order chi connectivity index (χ0) is 18.7. The SMILES string of the molecule is COc1ccc2c(c1)CC(C)(C)[C@H]2[C@@H]1c2ccc(OC)cc2CC1(C)C. The Morgan fingerprint density at radius 1 is 0.692 bits per heavy atom. The van der Waals surface area contributed by atoms with Gasteiger partial charge in [-0.2, -0.15) is 0 Å². The second-order valence-electron chi connectivity index (χ2n) is 9.42. The third-order valence-corrected chi connectivity index (χ3v) is 6.68. The van der Waals surface area contributed by atoms with Crippen molar-refractivity contribution >= 4 is 0 Å². The van der Waals surface area contributed by atoms with E-state index in [0.29, 0.717) is 11.8 Å². The molecule has 0 bridgehead atoms. The maximum atomic E-state index is 5.48. The van der Waals surface area contributed by atoms with Crippen molar-refractivity contribution in [3.05, 3.63) is 58.7 Å². The van der Waals surface area contributed by atoms with E-state index >= 15 is 0 Å². The number of hydrogen-bond donors (Lipinski definition) is 0. The molecule has 4 rings (SSSR count). The first-order valence-electron chi connectivity index (χ1n) is 9.60. The second-order valence-corrected chi connectivity index (χ2v) is 9.42. The van der Waals surface area contributed by atoms with Crippen LogP contribution in [0.5, 0.6) is 11.5 Å². The van der Waals surface area contributed by atoms with E-state index in [9.17, 15) is 0 Å². The molecular weight excluding hydrogens is 320 g/mol. The minimum absolute atomic E-state index is 0.234. The molecule has 138 valence electrons. The van der Waals surface area contributed by atoms with Gasteiger partial charge in [-0.05, 0) is 82.0 Å². The Balaban J connectivity index is 1.85. The molecule has 0 saturated carbocycles. The Labute approximate surface area is 157 Å². The Hall–Kier alpha value is -1.96. The summed E-state index contributed by atoms with van der Waals surface area (Å²) in [6.45, 7) is 9.73. The smallest absolute Gasteiger partial charge is 0.119 e. The predicted octanol–water partition coefficient (Wildman–Crippen LogP) is 5.74. The lowest BCUT2D eigenvalue weighted by molar-refractivity contribution is 0.188. The summed E-state index contributed by atoms with van der Waals surface area (Å²) in [4.78, 5) is 0. The van der Waals surface area contributed by atoms with Crippen molar-refractivity contribution in [2.75, 3.05) is 14.2 Å². The van der Waals surface area contributed by atoms with Crippen molar-refractivity contribution in [3.8, 4) is 11.5 Å². The molecule has 0 saturated heterocycles. The molecule has 0 fully saturated rings. The molecule has 2 aromatic rings. The highest BCUT2D eigenvalue weighted by atomic mass is 16.5. The molecule has 0 unspecified atom stereocenters. The van der Waals surface area contributed by atoms with Gasteiger partial charge in [0.05, 0.1) is 14.2 Å². The minimum Gasteiger partial charge on any atom is -0.497 e. The van der Waals surface area contributed by atoms with E-state index in [1.54, 1.807) is 14.2 Å². The summed E-state index contributed by atoms with van der Waals surface area (Å²) >= 11 is 0. The van der Waals surface area contributed by atoms with Crippen LogP contribution in [0.4, 0.5) is 0 Å². The van der Waals surface area contributed by atoms with E-state index in [1.165, 1.54) is 22.3 Å². The number of methoxy groups -OCH3 is 2. The van der Waals surface area contributed by atoms with Gasteiger partial charge in [0.15, 0.2) is 0 Å². The molecule has 0 radical (unpaired) electrons. The van der Waals surface area contributed by atoms with Gasteiger partial charge in [0.2, 0.25) is 0 Å². The van der Waals surface area contributed by atoms with E-state index in [0.717, 1.165) is 24.3 Å². The summed E-state index contributed by atoms with van der Waals surface area (Å²) < 4.78 is 11.0. The molecule has 2 aromatic carbocycles. The Morgan fingerprint density at radius 3 is 1.42 bits per heavy atom. The van der Waals surface area contributed by atoms with Crippen molar-refractivity contribution in [2.24, 2.45) is 10.8 Å². The van der Waals surface area contributed by atoms with Crippen molar-refractivity contribution in [2.45, 2.75) is 52.4 Å². The average molecular weight is 351 g/mol. The van der Waals surface area contributed by atoms with Gasteiger partial charge in [-0.1, -0.05) is 39.8 Å². The van der Waals surface area contributed by atoms with E-state index < -0.39 is 0 Å². The lowest BCUT2D eigenvalue weighted by Crippen LogP contribution is -2.30. The third-order valence-electron chi connectivity index (χ3n) is 6.68. The molecule has 2 heteroatoms. The molecule has 0 aromatic heterocycles. The molecule has 0 N–H and O–H groups in total. The summed E-state index contributed by atoms with van der Waals surface area (Å²) in [6, 6.07) is 13.4. The number of hydrogen-bond acceptors (Lipinski definition) is 2. The van der Waals surface area contributed by atoms with Gasteiger partial charge in [0.1, 0.15) is 11.5 Å². The van der Waals surface area contributed by atoms with Gasteiger partial charge >= 0.3 is 0 Å². The van der Waals surface area contributed by atoms with Crippen LogP contribution >= 0.6 is 0 Å². The van der Waals surface area contributed by atoms with Crippen LogP contribution in [0.3, 0.4) is 0 Å². The zero-order valence-electron chi connectivity index (χ0n) is 16.8. The van der Waals surface area contributed by atoms with E-state index in [-0.39, 0.29) is 10.8 Å². The van der Waals surface area contributed by atoms with Crippen LogP contribution in [0.25, 0.3) is 0 Å². The highest BCUT2D eigenvalue weighted by molar-refractivity contribution is 5.50. The highest BCUT2D eigenvalue weighted by Crippen LogP contribution is 2.62. The van der Waals surface area contributed by atoms with Crippen LogP contribution in [0, 0.1) is 10.8 Å². The van der Waals surface area contributed by atoms with Crippen LogP contribution in [-0.2, 0) is 12.8 Å². The van der Waals surface area contributed by atoms with Gasteiger partial charge in [-0.15, -0.1) is 0 Å². The standard InChI is InChI=1S/C24H30O2/c1-23(2)13-15-11-17(25-5)7-9-19(15)21(23)22-20-10-8-18(26-6)12-16(20)14-24(22,3)4/h7-12,21-22H,13-14H2,1-6H3/t21-,22+. The molecule has 0 heterocycles. The zero-order valence-corrected chi connectivity index (χ0v) is 16.8. The second kappa shape index (κ2) is 5.77. The fourth-order valence-corrected chi connectivity index (χ4v) is 5.64. The van der Waals surface area contributed by atoms with E-state index in [2.05, 4.69) is 64.1 Å². The fourth-order valence-electron chi connectivity index (χ4n) is 5.64. The van der Waals surface area contributed by atoms with Gasteiger partial charge < -0.3 is 9.47 Å². The molecule has 0 spiro atoms. The van der Waals surface area contributed by atoms with Crippen LogP contribution in [0.2, 0.25) is 0 Å². The predicted molar refractivity (Wildman–Crippen MR) is 106 cm³/mol. The molecule has 2 nitrogen and oxygen atoms in total. The van der Waals surface area contributed by atoms with Gasteiger partial charge in [-0.25, -0.2) is 0 Å². The van der Waals surface area contributed by atoms with Crippen molar-refractivity contribution in [3.63, 3.8) is 0 Å². The topological polar surface area (TPSA) is 18.5 Å². The molecule has 0 aliphatic heterocycles. The van der Waals surface area contributed by atoms with Crippen molar-refractivity contribution in [1.29, 1.82) is 0 Å². The normalized spacial score (nSPS) is 24.8. The molecule has 2 aliphatic carbocycles. The lowest BCUT2D eigenvalue weighted by Gasteiger charge is -2.40. The number of rotatable bonds is 3. The number of fused-ring (bicyclic) bond motifs is 2. The van der Waals surface area contributed by atoms with Crippen LogP contribution < -0.4 is 9.47 Å². The summed E-state index contributed by atoms with van der Waals surface area (Å²) in [6.07, 6.45) is 2.23. The molecule has 0 amide bonds. The third kappa shape index (κ3) is 2.53. The summed E-state index contributed by atoms with van der Waals surface area (Å²) in [5.41, 5.74) is 6.40. The first kappa shape index (κ1) is 17.5. The minimum atomic E-state index is 0.234. The Bertz CT molecular complexity index is 776. The summed E-state index contributed by atoms with van der Waals surface area (Å²) in [7, 11) is 3.51. The van der Waals surface area contributed by atoms with Crippen LogP contribution in [0.15, 0.2) is 36.4 Å². The Kier molecular flexibility index (Phi) is 3.87. The summed E-state index contributed by atoms with van der Waals surface area (Å²) in [5.74, 6) is 2.98. The summed E-state index contributed by atoms with van der Waals surface area (Å²) in [5, 5.41) is 0. The highest BCUT2D eigenvalue weighted by Gasteiger charge is 2.51. The van der Waals surface area contributed by atoms with Crippen LogP contribution in [-0.4, -0.2) is 14.2 Å². The van der Waals surface area contributed by atoms with Crippen molar-refractivity contribution < 1.29 is 9.47 Å². The Morgan fingerprint density at radius 2 is 1.08 bits per heavy atom. The first-order valence-corrected chi connectivity index (χ1v) is 9.60. The van der Waals surface area contributed by atoms with Gasteiger partial charge in [-0.3, -0.25) is 0 Å². The van der Waals surface area contributed by atoms with Gasteiger partial charge in [0, 0.05) is 0 Å². The quantitative estimate of drug-likeness (QED) is 0.703. The monoisotopic (exact) mass is 350 g/mol. The molecule has 2 aliphatic rings. The van der Waals surface area contributed by atoms with Crippen LogP contribution in [0.1, 0.15) is 61.8 Å². The van der Waals surface area contributed by atoms with Gasteiger partial charge in [0.25, 0.3) is 0 Å². The molecular formula is C24H30O2. The van der Waals surface area contributed by atoms with E-state index in [1.807, 2.05) is 0 Å². The maximum absolute atomic E-state index is 5.48. The molecule has 2 atom stereocenters. The number of benzene rings is 2. The average Bonchev–Trinajstić information content (AvgIpc) is 2.99. The number of ether oxygens (including phenoxy) is 2. The molecule has 26 heavy (non-hydrogen) atoms.